The van der Waals surface area contributed by atoms with Crippen LogP contribution in [0.4, 0.5) is 0 Å². The monoisotopic (exact) mass is 402 g/mol. The third kappa shape index (κ3) is 5.27. The van der Waals surface area contributed by atoms with Gasteiger partial charge < -0.3 is 5.11 Å². The molecule has 0 aliphatic heterocycles. The molecule has 0 bridgehead atoms. The van der Waals surface area contributed by atoms with Gasteiger partial charge in [-0.3, -0.25) is 0 Å². The summed E-state index contributed by atoms with van der Waals surface area (Å²) in [4.78, 5) is 2.65. The molecule has 29 heavy (non-hydrogen) atoms. The summed E-state index contributed by atoms with van der Waals surface area (Å²) in [6.45, 7) is 11.0. The van der Waals surface area contributed by atoms with Crippen molar-refractivity contribution >= 4 is 23.0 Å². The molecule has 3 rings (SSSR count). The third-order valence-electron chi connectivity index (χ3n) is 5.26. The predicted molar refractivity (Wildman–Crippen MR) is 128 cm³/mol. The van der Waals surface area contributed by atoms with E-state index in [0.29, 0.717) is 0 Å². The number of phenols is 1. The summed E-state index contributed by atoms with van der Waals surface area (Å²) >= 11 is 1.86. The highest BCUT2D eigenvalue weighted by Crippen LogP contribution is 2.37. The Morgan fingerprint density at radius 2 is 1.72 bits per heavy atom. The Bertz CT molecular complexity index is 988. The number of hydrogen-bond acceptors (Lipinski definition) is 2. The van der Waals surface area contributed by atoms with E-state index >= 15 is 0 Å². The zero-order valence-electron chi connectivity index (χ0n) is 17.7. The van der Waals surface area contributed by atoms with Gasteiger partial charge in [-0.15, -0.1) is 11.3 Å². The van der Waals surface area contributed by atoms with Crippen LogP contribution in [0.15, 0.2) is 61.2 Å². The average molecular weight is 403 g/mol. The Labute approximate surface area is 179 Å². The number of aryl methyl sites for hydroxylation is 2. The first-order valence-corrected chi connectivity index (χ1v) is 11.1. The Morgan fingerprint density at radius 3 is 2.38 bits per heavy atom. The standard InChI is InChI=1S/C27H30OS/c1-5-6-9-25-26(10-7-8-22-13-11-19(2)12-14-22)29-21(4)27(25)20(3)23-15-17-24(28)18-16-23/h7,10-18,28H,3,5-6,8-9H2,1-2,4H3/b10-7+. The fourth-order valence-corrected chi connectivity index (χ4v) is 4.75. The molecule has 2 aromatic carbocycles. The lowest BCUT2D eigenvalue weighted by molar-refractivity contribution is 0.475. The maximum atomic E-state index is 9.61. The second-order valence-electron chi connectivity index (χ2n) is 7.60. The van der Waals surface area contributed by atoms with Gasteiger partial charge in [0.2, 0.25) is 0 Å². The molecular formula is C27H30OS. The molecule has 0 unspecified atom stereocenters. The van der Waals surface area contributed by atoms with E-state index in [4.69, 9.17) is 0 Å². The minimum absolute atomic E-state index is 0.287. The van der Waals surface area contributed by atoms with Gasteiger partial charge in [-0.2, -0.15) is 0 Å². The van der Waals surface area contributed by atoms with Crippen LogP contribution < -0.4 is 0 Å². The van der Waals surface area contributed by atoms with Crippen LogP contribution in [0.3, 0.4) is 0 Å². The lowest BCUT2D eigenvalue weighted by Crippen LogP contribution is -1.94. The normalized spacial score (nSPS) is 11.3. The van der Waals surface area contributed by atoms with E-state index in [-0.39, 0.29) is 5.75 Å². The first-order chi connectivity index (χ1) is 14.0. The summed E-state index contributed by atoms with van der Waals surface area (Å²) < 4.78 is 0. The molecule has 0 radical (unpaired) electrons. The molecule has 150 valence electrons. The van der Waals surface area contributed by atoms with Crippen LogP contribution in [-0.2, 0) is 12.8 Å². The number of benzene rings is 2. The maximum Gasteiger partial charge on any atom is 0.115 e. The molecule has 0 atom stereocenters. The lowest BCUT2D eigenvalue weighted by Gasteiger charge is -2.11. The Hall–Kier alpha value is -2.58. The molecule has 3 aromatic rings. The van der Waals surface area contributed by atoms with Gasteiger partial charge in [-0.25, -0.2) is 0 Å². The second-order valence-corrected chi connectivity index (χ2v) is 8.85. The van der Waals surface area contributed by atoms with Crippen molar-refractivity contribution in [2.75, 3.05) is 0 Å². The summed E-state index contributed by atoms with van der Waals surface area (Å²) in [6.07, 6.45) is 8.92. The van der Waals surface area contributed by atoms with Crippen molar-refractivity contribution < 1.29 is 5.11 Å². The highest BCUT2D eigenvalue weighted by Gasteiger charge is 2.17. The van der Waals surface area contributed by atoms with E-state index in [9.17, 15) is 5.11 Å². The smallest absolute Gasteiger partial charge is 0.115 e. The summed E-state index contributed by atoms with van der Waals surface area (Å²) in [5.41, 5.74) is 7.44. The van der Waals surface area contributed by atoms with Crippen molar-refractivity contribution in [1.82, 2.24) is 0 Å². The largest absolute Gasteiger partial charge is 0.508 e. The molecule has 2 heteroatoms. The number of thiophene rings is 1. The van der Waals surface area contributed by atoms with Gasteiger partial charge >= 0.3 is 0 Å². The van der Waals surface area contributed by atoms with E-state index in [0.717, 1.165) is 24.0 Å². The summed E-state index contributed by atoms with van der Waals surface area (Å²) in [5.74, 6) is 0.287. The molecule has 0 saturated heterocycles. The van der Waals surface area contributed by atoms with E-state index in [1.165, 1.54) is 44.8 Å². The van der Waals surface area contributed by atoms with Crippen molar-refractivity contribution in [3.05, 3.63) is 98.8 Å². The van der Waals surface area contributed by atoms with Crippen molar-refractivity contribution in [1.29, 1.82) is 0 Å². The summed E-state index contributed by atoms with van der Waals surface area (Å²) in [6, 6.07) is 16.1. The number of rotatable bonds is 8. The fraction of sp³-hybridized carbons (Fsp3) is 0.259. The van der Waals surface area contributed by atoms with E-state index in [1.54, 1.807) is 12.1 Å². The summed E-state index contributed by atoms with van der Waals surface area (Å²) in [7, 11) is 0. The second kappa shape index (κ2) is 9.76. The first kappa shape index (κ1) is 21.1. The van der Waals surface area contributed by atoms with Crippen LogP contribution in [0.2, 0.25) is 0 Å². The molecule has 0 saturated carbocycles. The average Bonchev–Trinajstić information content (AvgIpc) is 3.03. The molecule has 1 aromatic heterocycles. The predicted octanol–water partition coefficient (Wildman–Crippen LogP) is 7.73. The molecule has 1 nitrogen and oxygen atoms in total. The maximum absolute atomic E-state index is 9.61. The van der Waals surface area contributed by atoms with E-state index in [1.807, 2.05) is 23.5 Å². The summed E-state index contributed by atoms with van der Waals surface area (Å²) in [5, 5.41) is 9.61. The molecular weight excluding hydrogens is 372 g/mol. The topological polar surface area (TPSA) is 20.2 Å². The molecule has 1 N–H and O–H groups in total. The van der Waals surface area contributed by atoms with Gasteiger partial charge in [-0.1, -0.05) is 68.0 Å². The van der Waals surface area contributed by atoms with Crippen LogP contribution >= 0.6 is 11.3 Å². The number of aromatic hydroxyl groups is 1. The minimum Gasteiger partial charge on any atom is -0.508 e. The number of unbranched alkanes of at least 4 members (excludes halogenated alkanes) is 1. The molecule has 0 aliphatic carbocycles. The molecule has 0 amide bonds. The zero-order valence-corrected chi connectivity index (χ0v) is 18.5. The van der Waals surface area contributed by atoms with Crippen molar-refractivity contribution in [3.63, 3.8) is 0 Å². The fourth-order valence-electron chi connectivity index (χ4n) is 3.58. The van der Waals surface area contributed by atoms with Crippen LogP contribution in [0.25, 0.3) is 11.6 Å². The van der Waals surface area contributed by atoms with Gasteiger partial charge in [0.25, 0.3) is 0 Å². The Kier molecular flexibility index (Phi) is 7.11. The van der Waals surface area contributed by atoms with Crippen LogP contribution in [0.5, 0.6) is 5.75 Å². The van der Waals surface area contributed by atoms with Crippen molar-refractivity contribution in [3.8, 4) is 5.75 Å². The van der Waals surface area contributed by atoms with Crippen molar-refractivity contribution in [2.24, 2.45) is 0 Å². The van der Waals surface area contributed by atoms with E-state index < -0.39 is 0 Å². The number of hydrogen-bond donors (Lipinski definition) is 1. The highest BCUT2D eigenvalue weighted by molar-refractivity contribution is 7.13. The lowest BCUT2D eigenvalue weighted by atomic mass is 9.93. The van der Waals surface area contributed by atoms with Gasteiger partial charge in [0.1, 0.15) is 5.75 Å². The van der Waals surface area contributed by atoms with E-state index in [2.05, 4.69) is 63.8 Å². The van der Waals surface area contributed by atoms with Crippen molar-refractivity contribution in [2.45, 2.75) is 46.5 Å². The number of phenolic OH excluding ortho intramolecular Hbond substituents is 1. The van der Waals surface area contributed by atoms with Crippen LogP contribution in [-0.4, -0.2) is 5.11 Å². The quantitative estimate of drug-likeness (QED) is 0.409. The van der Waals surface area contributed by atoms with Crippen LogP contribution in [0, 0.1) is 13.8 Å². The third-order valence-corrected chi connectivity index (χ3v) is 6.37. The molecule has 0 aliphatic rings. The zero-order chi connectivity index (χ0) is 20.8. The molecule has 0 spiro atoms. The SMILES string of the molecule is C=C(c1ccc(O)cc1)c1c(C)sc(/C=C/Cc2ccc(C)cc2)c1CCCC. The first-order valence-electron chi connectivity index (χ1n) is 10.3. The van der Waals surface area contributed by atoms with Gasteiger partial charge in [-0.05, 0) is 79.1 Å². The van der Waals surface area contributed by atoms with Gasteiger partial charge in [0.05, 0.1) is 0 Å². The Balaban J connectivity index is 1.89. The number of allylic oxidation sites excluding steroid dienone is 1. The van der Waals surface area contributed by atoms with Crippen LogP contribution in [0.1, 0.15) is 57.3 Å². The van der Waals surface area contributed by atoms with Gasteiger partial charge in [0.15, 0.2) is 0 Å². The highest BCUT2D eigenvalue weighted by atomic mass is 32.1. The minimum atomic E-state index is 0.287. The Morgan fingerprint density at radius 1 is 1.03 bits per heavy atom. The molecule has 0 fully saturated rings. The molecule has 1 heterocycles. The van der Waals surface area contributed by atoms with Gasteiger partial charge in [0, 0.05) is 9.75 Å².